The molecule has 0 N–H and O–H groups in total. The molecular formula is C10H23NS. The second kappa shape index (κ2) is 7.93. The number of thiol groups is 1. The summed E-state index contributed by atoms with van der Waals surface area (Å²) in [6, 6.07) is 0.782. The van der Waals surface area contributed by atoms with Gasteiger partial charge in [0.15, 0.2) is 0 Å². The van der Waals surface area contributed by atoms with E-state index in [1.807, 2.05) is 0 Å². The molecule has 0 aliphatic rings. The van der Waals surface area contributed by atoms with E-state index in [2.05, 4.69) is 38.4 Å². The first-order valence-corrected chi connectivity index (χ1v) is 5.70. The van der Waals surface area contributed by atoms with Crippen LogP contribution in [0.1, 0.15) is 39.5 Å². The number of rotatable bonds is 7. The summed E-state index contributed by atoms with van der Waals surface area (Å²) < 4.78 is 0. The van der Waals surface area contributed by atoms with Crippen LogP contribution in [0.2, 0.25) is 0 Å². The second-order valence-electron chi connectivity index (χ2n) is 3.38. The van der Waals surface area contributed by atoms with Crippen LogP contribution in [0.3, 0.4) is 0 Å². The molecule has 0 radical (unpaired) electrons. The smallest absolute Gasteiger partial charge is 0.00869 e. The third kappa shape index (κ3) is 5.04. The Hall–Kier alpha value is 0.310. The average Bonchev–Trinajstić information content (AvgIpc) is 2.07. The van der Waals surface area contributed by atoms with Crippen LogP contribution in [0.15, 0.2) is 0 Å². The molecule has 0 aliphatic carbocycles. The standard InChI is InChI=1S/C10H23NS/c1-4-10(5-2)11(3)8-6-7-9-12/h10,12H,4-9H2,1-3H3. The first kappa shape index (κ1) is 12.3. The molecule has 0 amide bonds. The van der Waals surface area contributed by atoms with E-state index < -0.39 is 0 Å². The molecule has 1 nitrogen and oxygen atoms in total. The molecule has 2 heteroatoms. The van der Waals surface area contributed by atoms with Crippen LogP contribution in [-0.2, 0) is 0 Å². The summed E-state index contributed by atoms with van der Waals surface area (Å²) in [5.74, 6) is 1.02. The zero-order valence-corrected chi connectivity index (χ0v) is 9.61. The predicted octanol–water partition coefficient (Wildman–Crippen LogP) is 2.82. The molecule has 0 bridgehead atoms. The van der Waals surface area contributed by atoms with Crippen molar-refractivity contribution in [2.45, 2.75) is 45.6 Å². The quantitative estimate of drug-likeness (QED) is 0.476. The van der Waals surface area contributed by atoms with Gasteiger partial charge < -0.3 is 4.90 Å². The van der Waals surface area contributed by atoms with Crippen molar-refractivity contribution < 1.29 is 0 Å². The van der Waals surface area contributed by atoms with Gasteiger partial charge in [0.1, 0.15) is 0 Å². The van der Waals surface area contributed by atoms with Gasteiger partial charge in [-0.3, -0.25) is 0 Å². The number of hydrogen-bond donors (Lipinski definition) is 1. The summed E-state index contributed by atoms with van der Waals surface area (Å²) in [5, 5.41) is 0. The molecule has 74 valence electrons. The lowest BCUT2D eigenvalue weighted by molar-refractivity contribution is 0.227. The zero-order chi connectivity index (χ0) is 9.40. The van der Waals surface area contributed by atoms with E-state index in [0.29, 0.717) is 0 Å². The fourth-order valence-electron chi connectivity index (χ4n) is 1.57. The van der Waals surface area contributed by atoms with Crippen LogP contribution >= 0.6 is 12.6 Å². The molecule has 0 aliphatic heterocycles. The third-order valence-electron chi connectivity index (χ3n) is 2.48. The molecule has 0 atom stereocenters. The predicted molar refractivity (Wildman–Crippen MR) is 60.1 cm³/mol. The molecule has 0 unspecified atom stereocenters. The maximum Gasteiger partial charge on any atom is 0.00869 e. The topological polar surface area (TPSA) is 3.24 Å². The Balaban J connectivity index is 3.47. The molecule has 0 fully saturated rings. The Morgan fingerprint density at radius 3 is 2.17 bits per heavy atom. The summed E-state index contributed by atoms with van der Waals surface area (Å²) in [6.07, 6.45) is 5.08. The highest BCUT2D eigenvalue weighted by Crippen LogP contribution is 2.07. The van der Waals surface area contributed by atoms with E-state index in [-0.39, 0.29) is 0 Å². The molecule has 0 saturated carbocycles. The van der Waals surface area contributed by atoms with Crippen molar-refractivity contribution in [1.82, 2.24) is 4.90 Å². The summed E-state index contributed by atoms with van der Waals surface area (Å²) in [6.45, 7) is 5.76. The van der Waals surface area contributed by atoms with Crippen LogP contribution in [0, 0.1) is 0 Å². The van der Waals surface area contributed by atoms with Crippen molar-refractivity contribution in [3.63, 3.8) is 0 Å². The molecule has 0 saturated heterocycles. The van der Waals surface area contributed by atoms with Crippen molar-refractivity contribution in [2.75, 3.05) is 19.3 Å². The van der Waals surface area contributed by atoms with Crippen molar-refractivity contribution in [3.8, 4) is 0 Å². The third-order valence-corrected chi connectivity index (χ3v) is 2.80. The molecule has 0 heterocycles. The van der Waals surface area contributed by atoms with Gasteiger partial charge in [-0.2, -0.15) is 12.6 Å². The monoisotopic (exact) mass is 189 g/mol. The van der Waals surface area contributed by atoms with Crippen molar-refractivity contribution >= 4 is 12.6 Å². The SMILES string of the molecule is CCC(CC)N(C)CCCCS. The second-order valence-corrected chi connectivity index (χ2v) is 3.83. The number of unbranched alkanes of at least 4 members (excludes halogenated alkanes) is 1. The summed E-state index contributed by atoms with van der Waals surface area (Å²) in [7, 11) is 2.23. The van der Waals surface area contributed by atoms with Gasteiger partial charge in [-0.15, -0.1) is 0 Å². The Bertz CT molecular complexity index is 91.8. The van der Waals surface area contributed by atoms with Gasteiger partial charge in [0, 0.05) is 6.04 Å². The molecule has 0 aromatic rings. The van der Waals surface area contributed by atoms with Crippen molar-refractivity contribution in [2.24, 2.45) is 0 Å². The maximum absolute atomic E-state index is 4.20. The van der Waals surface area contributed by atoms with Gasteiger partial charge in [0.25, 0.3) is 0 Å². The fourth-order valence-corrected chi connectivity index (χ4v) is 1.79. The molecule has 0 aromatic heterocycles. The summed E-state index contributed by atoms with van der Waals surface area (Å²) >= 11 is 4.20. The lowest BCUT2D eigenvalue weighted by atomic mass is 10.1. The number of nitrogens with zero attached hydrogens (tertiary/aromatic N) is 1. The Labute approximate surface area is 82.9 Å². The van der Waals surface area contributed by atoms with Gasteiger partial charge in [-0.1, -0.05) is 13.8 Å². The first-order chi connectivity index (χ1) is 5.76. The van der Waals surface area contributed by atoms with Gasteiger partial charge in [-0.05, 0) is 45.0 Å². The van der Waals surface area contributed by atoms with Crippen molar-refractivity contribution in [1.29, 1.82) is 0 Å². The van der Waals surface area contributed by atoms with E-state index in [0.717, 1.165) is 11.8 Å². The van der Waals surface area contributed by atoms with E-state index >= 15 is 0 Å². The Morgan fingerprint density at radius 1 is 1.17 bits per heavy atom. The normalized spacial score (nSPS) is 11.5. The fraction of sp³-hybridized carbons (Fsp3) is 1.00. The Morgan fingerprint density at radius 2 is 1.75 bits per heavy atom. The highest BCUT2D eigenvalue weighted by Gasteiger charge is 2.08. The molecular weight excluding hydrogens is 166 g/mol. The van der Waals surface area contributed by atoms with Crippen LogP contribution < -0.4 is 0 Å². The van der Waals surface area contributed by atoms with E-state index in [1.54, 1.807) is 0 Å². The van der Waals surface area contributed by atoms with Crippen LogP contribution in [0.5, 0.6) is 0 Å². The van der Waals surface area contributed by atoms with Gasteiger partial charge >= 0.3 is 0 Å². The summed E-state index contributed by atoms with van der Waals surface area (Å²) in [5.41, 5.74) is 0. The summed E-state index contributed by atoms with van der Waals surface area (Å²) in [4.78, 5) is 2.48. The Kier molecular flexibility index (Phi) is 8.14. The highest BCUT2D eigenvalue weighted by atomic mass is 32.1. The minimum absolute atomic E-state index is 0.782. The van der Waals surface area contributed by atoms with Crippen LogP contribution in [-0.4, -0.2) is 30.3 Å². The maximum atomic E-state index is 4.20. The number of hydrogen-bond acceptors (Lipinski definition) is 2. The first-order valence-electron chi connectivity index (χ1n) is 5.07. The molecule has 0 aromatic carbocycles. The minimum atomic E-state index is 0.782. The molecule has 12 heavy (non-hydrogen) atoms. The van der Waals surface area contributed by atoms with Crippen molar-refractivity contribution in [3.05, 3.63) is 0 Å². The van der Waals surface area contributed by atoms with Crippen LogP contribution in [0.4, 0.5) is 0 Å². The zero-order valence-electron chi connectivity index (χ0n) is 8.71. The lowest BCUT2D eigenvalue weighted by Crippen LogP contribution is -2.31. The van der Waals surface area contributed by atoms with E-state index in [4.69, 9.17) is 0 Å². The van der Waals surface area contributed by atoms with E-state index in [1.165, 1.54) is 32.2 Å². The van der Waals surface area contributed by atoms with E-state index in [9.17, 15) is 0 Å². The van der Waals surface area contributed by atoms with Gasteiger partial charge in [-0.25, -0.2) is 0 Å². The lowest BCUT2D eigenvalue weighted by Gasteiger charge is -2.25. The highest BCUT2D eigenvalue weighted by molar-refractivity contribution is 7.80. The van der Waals surface area contributed by atoms with Gasteiger partial charge in [0.2, 0.25) is 0 Å². The van der Waals surface area contributed by atoms with Crippen LogP contribution in [0.25, 0.3) is 0 Å². The average molecular weight is 189 g/mol. The largest absolute Gasteiger partial charge is 0.303 e. The van der Waals surface area contributed by atoms with Gasteiger partial charge in [0.05, 0.1) is 0 Å². The molecule has 0 spiro atoms. The molecule has 0 rings (SSSR count). The minimum Gasteiger partial charge on any atom is -0.303 e.